The number of pyridine rings is 1. The Balaban J connectivity index is 2.14. The summed E-state index contributed by atoms with van der Waals surface area (Å²) in [4.78, 5) is 41.4. The zero-order valence-corrected chi connectivity index (χ0v) is 36.8. The van der Waals surface area contributed by atoms with Crippen molar-refractivity contribution < 1.29 is 115 Å². The molecule has 33 heteroatoms. The van der Waals surface area contributed by atoms with Crippen molar-refractivity contribution in [1.29, 1.82) is 0 Å². The van der Waals surface area contributed by atoms with Crippen molar-refractivity contribution in [3.05, 3.63) is 107 Å². The van der Waals surface area contributed by atoms with Gasteiger partial charge in [-0.3, -0.25) is 19.3 Å². The van der Waals surface area contributed by atoms with E-state index in [0.29, 0.717) is 45.2 Å². The lowest BCUT2D eigenvalue weighted by molar-refractivity contribution is -0.401. The number of amides is 3. The third-order valence-corrected chi connectivity index (χ3v) is 11.7. The Labute approximate surface area is 393 Å². The third-order valence-electron chi connectivity index (χ3n) is 9.59. The average molecular weight is 1260 g/mol. The van der Waals surface area contributed by atoms with Gasteiger partial charge in [-0.1, -0.05) is 17.7 Å². The molecule has 3 aromatic rings. The Bertz CT molecular complexity index is 2590. The van der Waals surface area contributed by atoms with Crippen LogP contribution >= 0.6 is 56.8 Å². The topological polar surface area (TPSA) is 82.6 Å². The second-order valence-electron chi connectivity index (χ2n) is 13.6. The molecule has 1 aromatic heterocycles. The Morgan fingerprint density at radius 3 is 1.63 bits per heavy atom. The van der Waals surface area contributed by atoms with Gasteiger partial charge in [0.05, 0.1) is 11.3 Å². The van der Waals surface area contributed by atoms with Crippen LogP contribution in [0.25, 0.3) is 0 Å². The third kappa shape index (κ3) is 8.67. The molecule has 0 fully saturated rings. The first-order valence-electron chi connectivity index (χ1n) is 16.9. The molecule has 7 nitrogen and oxygen atoms in total. The van der Waals surface area contributed by atoms with E-state index in [1.54, 1.807) is 5.32 Å². The van der Waals surface area contributed by atoms with Crippen molar-refractivity contribution in [1.82, 2.24) is 10.3 Å². The summed E-state index contributed by atoms with van der Waals surface area (Å²) in [5, 5.41) is 1.36. The van der Waals surface area contributed by atoms with Crippen LogP contribution in [0.3, 0.4) is 0 Å². The highest BCUT2D eigenvalue weighted by Gasteiger charge is 2.91. The van der Waals surface area contributed by atoms with E-state index >= 15 is 35.1 Å². The minimum absolute atomic E-state index is 0.241. The number of nitrogens with zero attached hydrogens (tertiary/aromatic N) is 3. The van der Waals surface area contributed by atoms with Crippen LogP contribution in [-0.2, 0) is 4.79 Å². The van der Waals surface area contributed by atoms with Crippen molar-refractivity contribution in [2.75, 3.05) is 16.8 Å². The van der Waals surface area contributed by atoms with Gasteiger partial charge in [-0.05, 0) is 81.6 Å². The highest BCUT2D eigenvalue weighted by molar-refractivity contribution is 14.1. The molecule has 374 valence electrons. The van der Waals surface area contributed by atoms with Crippen molar-refractivity contribution in [3.8, 4) is 0 Å². The Kier molecular flexibility index (Phi) is 15.0. The first-order chi connectivity index (χ1) is 30.5. The van der Waals surface area contributed by atoms with Gasteiger partial charge >= 0.3 is 42.3 Å². The fourth-order valence-corrected chi connectivity index (χ4v) is 8.98. The lowest BCUT2D eigenvalue weighted by Gasteiger charge is -2.52. The zero-order valence-electron chi connectivity index (χ0n) is 31.7. The minimum Gasteiger partial charge on any atom is -0.320 e. The number of hydrogen-bond donors (Lipinski definition) is 1. The highest BCUT2D eigenvalue weighted by atomic mass is 127. The van der Waals surface area contributed by atoms with E-state index in [9.17, 15) is 80.2 Å². The molecular formula is C35H14ClF23I2N4O3. The molecule has 0 aliphatic heterocycles. The van der Waals surface area contributed by atoms with E-state index in [-0.39, 0.29) is 16.4 Å². The molecule has 0 spiro atoms. The van der Waals surface area contributed by atoms with Crippen LogP contribution in [0.15, 0.2) is 61.5 Å². The largest absolute Gasteiger partial charge is 0.459 e. The average Bonchev–Trinajstić information content (AvgIpc) is 3.21. The molecular weight excluding hydrogens is 1250 g/mol. The van der Waals surface area contributed by atoms with E-state index in [0.717, 1.165) is 36.2 Å². The molecule has 0 radical (unpaired) electrons. The SMILES string of the molecule is CN(C(=O)c1cccnc1Cl)c1cccc(C(=O)NC2=C(I)CC(C(=O)N(c3c(F)c(F)c(F)c(F)c3F)C(F)(C(F)(F)F)C(F)(F)C(F)(F)F)(C(F)(C(F)(F)F)C(F)(F)C(F)(F)F)C=C2I)c1. The van der Waals surface area contributed by atoms with Crippen LogP contribution < -0.4 is 15.1 Å². The van der Waals surface area contributed by atoms with Gasteiger partial charge in [-0.15, -0.1) is 0 Å². The number of anilines is 2. The molecule has 0 bridgehead atoms. The summed E-state index contributed by atoms with van der Waals surface area (Å²) in [6.45, 7) is 0. The summed E-state index contributed by atoms with van der Waals surface area (Å²) in [5.41, 5.74) is -21.7. The van der Waals surface area contributed by atoms with Gasteiger partial charge in [0.1, 0.15) is 16.3 Å². The number of carbonyl (C=O) groups excluding carboxylic acids is 3. The summed E-state index contributed by atoms with van der Waals surface area (Å²) < 4.78 is 336. The lowest BCUT2D eigenvalue weighted by atomic mass is 9.63. The lowest BCUT2D eigenvalue weighted by Crippen LogP contribution is -2.78. The van der Waals surface area contributed by atoms with Crippen LogP contribution in [0.5, 0.6) is 0 Å². The van der Waals surface area contributed by atoms with Crippen LogP contribution in [0.1, 0.15) is 27.1 Å². The number of hydrogen-bond acceptors (Lipinski definition) is 4. The highest BCUT2D eigenvalue weighted by Crippen LogP contribution is 2.67. The van der Waals surface area contributed by atoms with Gasteiger partial charge < -0.3 is 10.2 Å². The standard InChI is InChI=1S/C35H14ClF23I2N4O3/c1-64(25(67)13-6-3-7-62-23(13)36)12-5-2-4-11(8-12)24(66)63-21-14(60)9-27(10-15(21)61,28(42,32(48,49)50)29(43,44)33(51,52)53)26(68)65(22-19(40)17(38)16(37)18(39)20(22)41)31(47,35(57,58)59)30(45,46)34(54,55)56/h2-9H,10H2,1H3,(H,63,66). The summed E-state index contributed by atoms with van der Waals surface area (Å²) >= 11 is 6.64. The predicted octanol–water partition coefficient (Wildman–Crippen LogP) is 12.7. The van der Waals surface area contributed by atoms with Gasteiger partial charge in [0.15, 0.2) is 23.3 Å². The number of allylic oxidation sites excluding steroid dienone is 2. The van der Waals surface area contributed by atoms with Gasteiger partial charge in [-0.25, -0.2) is 35.7 Å². The fraction of sp³-hybridized carbons (Fsp3) is 0.314. The van der Waals surface area contributed by atoms with E-state index < -0.39 is 142 Å². The quantitative estimate of drug-likeness (QED) is 0.0548. The van der Waals surface area contributed by atoms with Crippen molar-refractivity contribution in [2.45, 2.75) is 54.4 Å². The molecule has 3 amide bonds. The normalized spacial score (nSPS) is 18.4. The van der Waals surface area contributed by atoms with E-state index in [4.69, 9.17) is 11.6 Å². The molecule has 3 unspecified atom stereocenters. The second kappa shape index (κ2) is 18.1. The predicted molar refractivity (Wildman–Crippen MR) is 202 cm³/mol. The maximum absolute atomic E-state index is 17.0. The van der Waals surface area contributed by atoms with Gasteiger partial charge in [-0.2, -0.15) is 70.2 Å². The molecule has 4 rings (SSSR count). The summed E-state index contributed by atoms with van der Waals surface area (Å²) in [6.07, 6.45) is -36.8. The molecule has 0 saturated carbocycles. The van der Waals surface area contributed by atoms with Crippen molar-refractivity contribution >= 4 is 85.9 Å². The van der Waals surface area contributed by atoms with Crippen LogP contribution in [0.4, 0.5) is 112 Å². The van der Waals surface area contributed by atoms with Crippen LogP contribution in [0, 0.1) is 34.5 Å². The van der Waals surface area contributed by atoms with Crippen LogP contribution in [-0.4, -0.2) is 77.8 Å². The van der Waals surface area contributed by atoms with Gasteiger partial charge in [0, 0.05) is 38.1 Å². The molecule has 3 atom stereocenters. The first-order valence-corrected chi connectivity index (χ1v) is 19.4. The molecule has 0 saturated heterocycles. The molecule has 1 aliphatic carbocycles. The number of carbonyl (C=O) groups is 3. The molecule has 1 heterocycles. The Morgan fingerprint density at radius 1 is 0.691 bits per heavy atom. The number of rotatable bonds is 10. The minimum atomic E-state index is -8.72. The number of halogens is 26. The van der Waals surface area contributed by atoms with E-state index in [1.807, 2.05) is 0 Å². The molecule has 1 aliphatic rings. The maximum atomic E-state index is 17.0. The number of aromatic nitrogens is 1. The van der Waals surface area contributed by atoms with Gasteiger partial charge in [0.25, 0.3) is 17.5 Å². The first kappa shape index (κ1) is 56.2. The van der Waals surface area contributed by atoms with E-state index in [1.165, 1.54) is 18.3 Å². The number of alkyl halides is 18. The van der Waals surface area contributed by atoms with Crippen LogP contribution in [0.2, 0.25) is 5.15 Å². The number of nitrogens with one attached hydrogen (secondary N) is 1. The fourth-order valence-electron chi connectivity index (χ4n) is 6.24. The Hall–Kier alpha value is -4.38. The number of benzene rings is 2. The molecule has 68 heavy (non-hydrogen) atoms. The second-order valence-corrected chi connectivity index (χ2v) is 16.4. The smallest absolute Gasteiger partial charge is 0.320 e. The van der Waals surface area contributed by atoms with Gasteiger partial charge in [0.2, 0.25) is 11.7 Å². The summed E-state index contributed by atoms with van der Waals surface area (Å²) in [5.74, 6) is -53.6. The summed E-state index contributed by atoms with van der Waals surface area (Å²) in [7, 11) is 1.07. The molecule has 2 aromatic carbocycles. The summed E-state index contributed by atoms with van der Waals surface area (Å²) in [6, 6.07) is 6.21. The van der Waals surface area contributed by atoms with Crippen molar-refractivity contribution in [2.24, 2.45) is 5.41 Å². The zero-order chi connectivity index (χ0) is 52.7. The monoisotopic (exact) mass is 1260 g/mol. The molecule has 1 N–H and O–H groups in total. The van der Waals surface area contributed by atoms with Crippen molar-refractivity contribution in [3.63, 3.8) is 0 Å². The van der Waals surface area contributed by atoms with E-state index in [2.05, 4.69) is 4.98 Å². The maximum Gasteiger partial charge on any atom is 0.459 e. The Morgan fingerprint density at radius 2 is 1.19 bits per heavy atom.